The van der Waals surface area contributed by atoms with Crippen molar-refractivity contribution >= 4 is 17.8 Å². The van der Waals surface area contributed by atoms with Gasteiger partial charge in [-0.05, 0) is 48.6 Å². The standard InChI is InChI=1S/C25H22O6/c1-28-18-13-15-24(30-3)20(16-18)21(26)14-12-17-8-4-6-10-22(17)31-25(27)19-9-5-7-11-23(19)29-2/h4-16H,1-3H3. The Morgan fingerprint density at radius 3 is 2.06 bits per heavy atom. The molecule has 0 unspecified atom stereocenters. The maximum atomic E-state index is 12.8. The molecule has 0 aromatic heterocycles. The second-order valence-corrected chi connectivity index (χ2v) is 6.39. The second kappa shape index (κ2) is 10.1. The molecule has 0 heterocycles. The first-order valence-corrected chi connectivity index (χ1v) is 9.46. The van der Waals surface area contributed by atoms with E-state index in [1.165, 1.54) is 27.4 Å². The first-order chi connectivity index (χ1) is 15.1. The van der Waals surface area contributed by atoms with Gasteiger partial charge in [0.2, 0.25) is 0 Å². The third-order valence-electron chi connectivity index (χ3n) is 4.53. The van der Waals surface area contributed by atoms with E-state index in [0.717, 1.165) is 0 Å². The van der Waals surface area contributed by atoms with Crippen molar-refractivity contribution in [1.82, 2.24) is 0 Å². The van der Waals surface area contributed by atoms with Gasteiger partial charge in [0, 0.05) is 5.56 Å². The molecular weight excluding hydrogens is 396 g/mol. The number of ether oxygens (including phenoxy) is 4. The number of allylic oxidation sites excluding steroid dienone is 1. The van der Waals surface area contributed by atoms with Crippen LogP contribution in [0.3, 0.4) is 0 Å². The highest BCUT2D eigenvalue weighted by Crippen LogP contribution is 2.27. The van der Waals surface area contributed by atoms with Crippen molar-refractivity contribution in [1.29, 1.82) is 0 Å². The van der Waals surface area contributed by atoms with Crippen LogP contribution in [0.2, 0.25) is 0 Å². The molecule has 0 radical (unpaired) electrons. The van der Waals surface area contributed by atoms with Gasteiger partial charge in [-0.25, -0.2) is 4.79 Å². The van der Waals surface area contributed by atoms with Gasteiger partial charge in [0.1, 0.15) is 28.6 Å². The normalized spacial score (nSPS) is 10.5. The van der Waals surface area contributed by atoms with Gasteiger partial charge in [-0.2, -0.15) is 0 Å². The van der Waals surface area contributed by atoms with Crippen LogP contribution in [-0.4, -0.2) is 33.1 Å². The molecule has 3 aromatic carbocycles. The van der Waals surface area contributed by atoms with Gasteiger partial charge < -0.3 is 18.9 Å². The van der Waals surface area contributed by atoms with Crippen molar-refractivity contribution in [3.05, 3.63) is 89.5 Å². The lowest BCUT2D eigenvalue weighted by Gasteiger charge is -2.10. The third-order valence-corrected chi connectivity index (χ3v) is 4.53. The number of rotatable bonds is 8. The van der Waals surface area contributed by atoms with Crippen LogP contribution in [0.15, 0.2) is 72.8 Å². The quantitative estimate of drug-likeness (QED) is 0.226. The summed E-state index contributed by atoms with van der Waals surface area (Å²) in [6.07, 6.45) is 2.99. The van der Waals surface area contributed by atoms with E-state index in [1.807, 2.05) is 0 Å². The molecule has 0 aliphatic rings. The Balaban J connectivity index is 1.85. The van der Waals surface area contributed by atoms with Gasteiger partial charge in [-0.3, -0.25) is 4.79 Å². The fourth-order valence-corrected chi connectivity index (χ4v) is 2.94. The summed E-state index contributed by atoms with van der Waals surface area (Å²) in [5.41, 5.74) is 1.24. The molecule has 0 saturated heterocycles. The SMILES string of the molecule is COc1ccc(OC)c(C(=O)C=Cc2ccccc2OC(=O)c2ccccc2OC)c1. The minimum absolute atomic E-state index is 0.276. The highest BCUT2D eigenvalue weighted by atomic mass is 16.5. The maximum Gasteiger partial charge on any atom is 0.347 e. The number of ketones is 1. The molecule has 0 bridgehead atoms. The van der Waals surface area contributed by atoms with Gasteiger partial charge in [0.25, 0.3) is 0 Å². The van der Waals surface area contributed by atoms with Gasteiger partial charge in [-0.15, -0.1) is 0 Å². The van der Waals surface area contributed by atoms with Crippen LogP contribution in [0, 0.1) is 0 Å². The van der Waals surface area contributed by atoms with Crippen molar-refractivity contribution in [2.75, 3.05) is 21.3 Å². The zero-order valence-electron chi connectivity index (χ0n) is 17.5. The number of hydrogen-bond donors (Lipinski definition) is 0. The van der Waals surface area contributed by atoms with Crippen molar-refractivity contribution < 1.29 is 28.5 Å². The molecule has 3 rings (SSSR count). The van der Waals surface area contributed by atoms with E-state index in [2.05, 4.69) is 0 Å². The molecule has 6 nitrogen and oxygen atoms in total. The average molecular weight is 418 g/mol. The molecule has 31 heavy (non-hydrogen) atoms. The number of esters is 1. The molecule has 0 amide bonds. The summed E-state index contributed by atoms with van der Waals surface area (Å²) < 4.78 is 21.3. The molecule has 3 aromatic rings. The smallest absolute Gasteiger partial charge is 0.347 e. The minimum atomic E-state index is -0.556. The molecule has 158 valence electrons. The number of para-hydroxylation sites is 2. The monoisotopic (exact) mass is 418 g/mol. The Morgan fingerprint density at radius 1 is 0.710 bits per heavy atom. The summed E-state index contributed by atoms with van der Waals surface area (Å²) in [4.78, 5) is 25.4. The fourth-order valence-electron chi connectivity index (χ4n) is 2.94. The Hall–Kier alpha value is -4.06. The molecule has 0 spiro atoms. The highest BCUT2D eigenvalue weighted by molar-refractivity contribution is 6.09. The molecule has 0 N–H and O–H groups in total. The van der Waals surface area contributed by atoms with Crippen molar-refractivity contribution in [3.8, 4) is 23.0 Å². The largest absolute Gasteiger partial charge is 0.497 e. The van der Waals surface area contributed by atoms with E-state index >= 15 is 0 Å². The van der Waals surface area contributed by atoms with Gasteiger partial charge in [0.05, 0.1) is 26.9 Å². The lowest BCUT2D eigenvalue weighted by atomic mass is 10.1. The lowest BCUT2D eigenvalue weighted by Crippen LogP contribution is -2.10. The summed E-state index contributed by atoms with van der Waals surface area (Å²) >= 11 is 0. The van der Waals surface area contributed by atoms with Crippen LogP contribution in [-0.2, 0) is 0 Å². The predicted octanol–water partition coefficient (Wildman–Crippen LogP) is 4.83. The Bertz CT molecular complexity index is 1120. The van der Waals surface area contributed by atoms with E-state index in [1.54, 1.807) is 72.8 Å². The van der Waals surface area contributed by atoms with E-state index in [4.69, 9.17) is 18.9 Å². The van der Waals surface area contributed by atoms with Crippen molar-refractivity contribution in [3.63, 3.8) is 0 Å². The average Bonchev–Trinajstić information content (AvgIpc) is 2.82. The second-order valence-electron chi connectivity index (χ2n) is 6.39. The molecule has 0 fully saturated rings. The third kappa shape index (κ3) is 5.11. The van der Waals surface area contributed by atoms with Crippen LogP contribution < -0.4 is 18.9 Å². The van der Waals surface area contributed by atoms with Gasteiger partial charge in [0.15, 0.2) is 5.78 Å². The molecule has 0 saturated carbocycles. The fraction of sp³-hybridized carbons (Fsp3) is 0.120. The van der Waals surface area contributed by atoms with Gasteiger partial charge >= 0.3 is 5.97 Å². The van der Waals surface area contributed by atoms with Crippen molar-refractivity contribution in [2.45, 2.75) is 0 Å². The lowest BCUT2D eigenvalue weighted by molar-refractivity contribution is 0.0730. The Labute approximate surface area is 180 Å². The van der Waals surface area contributed by atoms with Crippen LogP contribution in [0.5, 0.6) is 23.0 Å². The summed E-state index contributed by atoms with van der Waals surface area (Å²) in [6, 6.07) is 18.7. The zero-order chi connectivity index (χ0) is 22.2. The number of carbonyl (C=O) groups excluding carboxylic acids is 2. The number of carbonyl (C=O) groups is 2. The van der Waals surface area contributed by atoms with E-state index in [-0.39, 0.29) is 5.78 Å². The molecule has 6 heteroatoms. The summed E-state index contributed by atoms with van der Waals surface area (Å²) in [5, 5.41) is 0. The van der Waals surface area contributed by atoms with Crippen LogP contribution in [0.4, 0.5) is 0 Å². The Kier molecular flexibility index (Phi) is 7.06. The molecule has 0 aliphatic heterocycles. The predicted molar refractivity (Wildman–Crippen MR) is 117 cm³/mol. The van der Waals surface area contributed by atoms with E-state index < -0.39 is 5.97 Å². The van der Waals surface area contributed by atoms with E-state index in [0.29, 0.717) is 39.7 Å². The zero-order valence-corrected chi connectivity index (χ0v) is 17.5. The first kappa shape index (κ1) is 21.6. The van der Waals surface area contributed by atoms with Gasteiger partial charge in [-0.1, -0.05) is 30.3 Å². The number of benzene rings is 3. The highest BCUT2D eigenvalue weighted by Gasteiger charge is 2.16. The summed E-state index contributed by atoms with van der Waals surface area (Å²) in [5.74, 6) is 0.886. The molecule has 0 atom stereocenters. The minimum Gasteiger partial charge on any atom is -0.497 e. The van der Waals surface area contributed by atoms with Crippen LogP contribution in [0.1, 0.15) is 26.3 Å². The van der Waals surface area contributed by atoms with Crippen molar-refractivity contribution in [2.24, 2.45) is 0 Å². The van der Waals surface area contributed by atoms with Crippen LogP contribution >= 0.6 is 0 Å². The molecular formula is C25H22O6. The van der Waals surface area contributed by atoms with E-state index in [9.17, 15) is 9.59 Å². The number of hydrogen-bond acceptors (Lipinski definition) is 6. The Morgan fingerprint density at radius 2 is 1.35 bits per heavy atom. The number of methoxy groups -OCH3 is 3. The van der Waals surface area contributed by atoms with Crippen LogP contribution in [0.25, 0.3) is 6.08 Å². The summed E-state index contributed by atoms with van der Waals surface area (Å²) in [6.45, 7) is 0. The summed E-state index contributed by atoms with van der Waals surface area (Å²) in [7, 11) is 4.51. The first-order valence-electron chi connectivity index (χ1n) is 9.46. The maximum absolute atomic E-state index is 12.8. The molecule has 0 aliphatic carbocycles. The topological polar surface area (TPSA) is 71.1 Å².